The van der Waals surface area contributed by atoms with Crippen LogP contribution in [0.2, 0.25) is 0 Å². The number of rotatable bonds is 18. The summed E-state index contributed by atoms with van der Waals surface area (Å²) in [6.07, 6.45) is 25.2. The number of nitrogens with one attached hydrogen (secondary N) is 2. The SMILES string of the molecule is C#CC1=CC(NC=O)=CCC1.CCCC.CCCCC(C)=Nc1c(N)nc2ccc(N3CCN(N(S)CC(C)(C)CCC)CC3)cc2c1C.CCCCCCNC. The minimum Gasteiger partial charge on any atom is -0.382 e. The van der Waals surface area contributed by atoms with Crippen LogP contribution in [0, 0.1) is 24.7 Å². The maximum atomic E-state index is 10.0. The third-order valence-corrected chi connectivity index (χ3v) is 10.6. The average Bonchev–Trinajstić information content (AvgIpc) is 3.21. The van der Waals surface area contributed by atoms with Gasteiger partial charge in [0, 0.05) is 60.8 Å². The lowest BCUT2D eigenvalue weighted by Gasteiger charge is -2.42. The molecule has 2 aromatic rings. The van der Waals surface area contributed by atoms with Gasteiger partial charge in [-0.1, -0.05) is 118 Å². The molecule has 4 rings (SSSR count). The van der Waals surface area contributed by atoms with Gasteiger partial charge in [-0.05, 0) is 101 Å². The molecule has 0 radical (unpaired) electrons. The van der Waals surface area contributed by atoms with E-state index >= 15 is 0 Å². The first-order valence-corrected chi connectivity index (χ1v) is 22.2. The first-order chi connectivity index (χ1) is 27.3. The quantitative estimate of drug-likeness (QED) is 0.0391. The fraction of sp³-hybridized carbons (Fsp3) is 0.638. The molecule has 1 aromatic carbocycles. The molecule has 0 saturated carbocycles. The fourth-order valence-corrected chi connectivity index (χ4v) is 7.14. The number of anilines is 2. The van der Waals surface area contributed by atoms with Crippen molar-refractivity contribution in [1.82, 2.24) is 25.0 Å². The number of allylic oxidation sites excluding steroid dienone is 3. The number of nitrogens with two attached hydrogens (primary N) is 1. The smallest absolute Gasteiger partial charge is 0.211 e. The molecule has 1 fully saturated rings. The third kappa shape index (κ3) is 20.3. The second-order valence-electron chi connectivity index (χ2n) is 15.9. The average molecular weight is 805 g/mol. The second-order valence-corrected chi connectivity index (χ2v) is 16.4. The van der Waals surface area contributed by atoms with Crippen molar-refractivity contribution in [2.24, 2.45) is 10.4 Å². The largest absolute Gasteiger partial charge is 0.382 e. The first kappa shape index (κ1) is 51.7. The van der Waals surface area contributed by atoms with Crippen molar-refractivity contribution in [2.45, 2.75) is 146 Å². The highest BCUT2D eigenvalue weighted by molar-refractivity contribution is 7.77. The standard InChI is InChI=1S/C27H44N6S.C9H9NO.C7H17N.C4H10/c1-7-9-10-20(3)29-25-21(4)23-18-22(11-12-24(23)30-26(25)28)31-14-16-32(17-15-31)33(34)19-27(5,6)13-8-2;1-2-8-4-3-5-9(6-8)10-7-11;1-3-4-5-6-7-8-2;1-3-4-2/h11-12,18,34H,7-10,13-17,19H2,1-6H3,(H2,28,30);1,5-7H,3-4H2,(H,10,11);8H,3-7H2,1-2H3;3-4H2,1-2H3. The summed E-state index contributed by atoms with van der Waals surface area (Å²) < 4.78 is 2.13. The Hall–Kier alpha value is -3.36. The molecule has 1 amide bonds. The van der Waals surface area contributed by atoms with E-state index in [4.69, 9.17) is 30.0 Å². The first-order valence-electron chi connectivity index (χ1n) is 21.8. The lowest BCUT2D eigenvalue weighted by atomic mass is 9.88. The van der Waals surface area contributed by atoms with Gasteiger partial charge in [0.05, 0.1) is 5.52 Å². The number of benzene rings is 1. The van der Waals surface area contributed by atoms with Crippen molar-refractivity contribution >= 4 is 53.0 Å². The monoisotopic (exact) mass is 805 g/mol. The summed E-state index contributed by atoms with van der Waals surface area (Å²) >= 11 is 4.82. The van der Waals surface area contributed by atoms with E-state index in [0.29, 0.717) is 12.2 Å². The van der Waals surface area contributed by atoms with Gasteiger partial charge in [-0.3, -0.25) is 9.79 Å². The van der Waals surface area contributed by atoms with Gasteiger partial charge in [-0.2, -0.15) is 4.41 Å². The van der Waals surface area contributed by atoms with E-state index in [1.54, 1.807) is 0 Å². The van der Waals surface area contributed by atoms with Gasteiger partial charge < -0.3 is 21.3 Å². The Morgan fingerprint density at radius 1 is 1.04 bits per heavy atom. The van der Waals surface area contributed by atoms with E-state index < -0.39 is 0 Å². The fourth-order valence-electron chi connectivity index (χ4n) is 6.58. The molecule has 4 N–H and O–H groups in total. The van der Waals surface area contributed by atoms with E-state index in [-0.39, 0.29) is 5.41 Å². The number of terminal acetylenes is 1. The van der Waals surface area contributed by atoms with Gasteiger partial charge in [0.1, 0.15) is 11.5 Å². The number of aryl methyl sites for hydroxylation is 1. The molecule has 0 bridgehead atoms. The van der Waals surface area contributed by atoms with Gasteiger partial charge in [-0.25, -0.2) is 9.99 Å². The van der Waals surface area contributed by atoms with E-state index in [1.807, 2.05) is 19.2 Å². The molecule has 1 aliphatic carbocycles. The van der Waals surface area contributed by atoms with E-state index in [1.165, 1.54) is 63.6 Å². The van der Waals surface area contributed by atoms with E-state index in [0.717, 1.165) is 104 Å². The molecule has 2 heterocycles. The van der Waals surface area contributed by atoms with Crippen molar-refractivity contribution in [1.29, 1.82) is 0 Å². The van der Waals surface area contributed by atoms with E-state index in [9.17, 15) is 4.79 Å². The summed E-state index contributed by atoms with van der Waals surface area (Å²) in [7, 11) is 2.01. The van der Waals surface area contributed by atoms with Crippen LogP contribution in [0.15, 0.2) is 46.6 Å². The number of carbonyl (C=O) groups excluding carboxylic acids is 1. The zero-order valence-corrected chi connectivity index (χ0v) is 38.5. The summed E-state index contributed by atoms with van der Waals surface area (Å²) in [6, 6.07) is 6.52. The van der Waals surface area contributed by atoms with E-state index in [2.05, 4.69) is 116 Å². The molecular formula is C47H80N8OS. The number of hydrazine groups is 1. The summed E-state index contributed by atoms with van der Waals surface area (Å²) in [5.74, 6) is 3.07. The van der Waals surface area contributed by atoms with Gasteiger partial charge in [-0.15, -0.1) is 6.42 Å². The van der Waals surface area contributed by atoms with Crippen LogP contribution in [0.25, 0.3) is 10.9 Å². The number of nitrogens with zero attached hydrogens (tertiary/aromatic N) is 5. The highest BCUT2D eigenvalue weighted by Crippen LogP contribution is 2.34. The summed E-state index contributed by atoms with van der Waals surface area (Å²) in [5.41, 5.74) is 13.5. The molecule has 0 atom stereocenters. The number of hydrogen-bond acceptors (Lipinski definition) is 9. The molecule has 0 unspecified atom stereocenters. The lowest BCUT2D eigenvalue weighted by Crippen LogP contribution is -2.52. The van der Waals surface area contributed by atoms with Crippen LogP contribution in [0.5, 0.6) is 0 Å². The van der Waals surface area contributed by atoms with Crippen molar-refractivity contribution in [3.63, 3.8) is 0 Å². The van der Waals surface area contributed by atoms with Gasteiger partial charge in [0.25, 0.3) is 0 Å². The van der Waals surface area contributed by atoms with Gasteiger partial charge in [0.2, 0.25) is 6.41 Å². The molecular weight excluding hydrogens is 725 g/mol. The number of nitrogen functional groups attached to an aromatic ring is 1. The van der Waals surface area contributed by atoms with Gasteiger partial charge >= 0.3 is 0 Å². The predicted molar refractivity (Wildman–Crippen MR) is 253 cm³/mol. The minimum atomic E-state index is 0.271. The zero-order chi connectivity index (χ0) is 42.6. The minimum absolute atomic E-state index is 0.271. The number of fused-ring (bicyclic) bond motifs is 1. The normalized spacial score (nSPS) is 14.6. The number of thiol groups is 1. The van der Waals surface area contributed by atoms with Crippen LogP contribution in [-0.4, -0.2) is 72.8 Å². The molecule has 2 aliphatic rings. The topological polar surface area (TPSA) is 102 Å². The van der Waals surface area contributed by atoms with Crippen LogP contribution in [0.4, 0.5) is 17.2 Å². The Morgan fingerprint density at radius 2 is 1.72 bits per heavy atom. The number of hydrogen-bond donors (Lipinski definition) is 4. The number of aliphatic imine (C=N–C) groups is 1. The molecule has 0 spiro atoms. The van der Waals surface area contributed by atoms with Gasteiger partial charge in [0.15, 0.2) is 0 Å². The molecule has 10 heteroatoms. The Labute approximate surface area is 354 Å². The van der Waals surface area contributed by atoms with Crippen molar-refractivity contribution in [3.05, 3.63) is 47.2 Å². The highest BCUT2D eigenvalue weighted by Gasteiger charge is 2.26. The number of amides is 1. The maximum Gasteiger partial charge on any atom is 0.211 e. The Kier molecular flexibility index (Phi) is 27.0. The summed E-state index contributed by atoms with van der Waals surface area (Å²) in [5, 5.41) is 9.19. The van der Waals surface area contributed by atoms with Crippen LogP contribution in [0.1, 0.15) is 144 Å². The van der Waals surface area contributed by atoms with Crippen molar-refractivity contribution in [2.75, 3.05) is 56.9 Å². The number of aromatic nitrogens is 1. The number of pyridine rings is 1. The van der Waals surface area contributed by atoms with Crippen molar-refractivity contribution < 1.29 is 4.79 Å². The molecule has 1 aliphatic heterocycles. The number of carbonyl (C=O) groups is 1. The Morgan fingerprint density at radius 3 is 2.30 bits per heavy atom. The third-order valence-electron chi connectivity index (χ3n) is 10.2. The summed E-state index contributed by atoms with van der Waals surface area (Å²) in [6.45, 7) is 25.9. The maximum absolute atomic E-state index is 10.0. The molecule has 57 heavy (non-hydrogen) atoms. The van der Waals surface area contributed by atoms with Crippen LogP contribution >= 0.6 is 12.8 Å². The Bertz CT molecular complexity index is 1560. The Balaban J connectivity index is 0.000000571. The van der Waals surface area contributed by atoms with Crippen LogP contribution < -0.4 is 21.3 Å². The highest BCUT2D eigenvalue weighted by atomic mass is 32.1. The van der Waals surface area contributed by atoms with Crippen LogP contribution in [-0.2, 0) is 4.79 Å². The molecule has 1 aromatic heterocycles. The van der Waals surface area contributed by atoms with Crippen molar-refractivity contribution in [3.8, 4) is 12.3 Å². The zero-order valence-electron chi connectivity index (χ0n) is 37.6. The summed E-state index contributed by atoms with van der Waals surface area (Å²) in [4.78, 5) is 22.0. The van der Waals surface area contributed by atoms with Crippen LogP contribution in [0.3, 0.4) is 0 Å². The number of unbranched alkanes of at least 4 members (excludes halogenated alkanes) is 5. The molecule has 1 saturated heterocycles. The number of piperazine rings is 1. The second kappa shape index (κ2) is 29.8. The molecule has 320 valence electrons. The lowest BCUT2D eigenvalue weighted by molar-refractivity contribution is -0.108. The molecule has 9 nitrogen and oxygen atoms in total. The predicted octanol–water partition coefficient (Wildman–Crippen LogP) is 11.0.